The van der Waals surface area contributed by atoms with Crippen LogP contribution in [0.25, 0.3) is 0 Å². The zero-order valence-corrected chi connectivity index (χ0v) is 11.6. The van der Waals surface area contributed by atoms with Crippen molar-refractivity contribution in [3.8, 4) is 5.75 Å². The zero-order chi connectivity index (χ0) is 12.0. The first kappa shape index (κ1) is 16.2. The smallest absolute Gasteiger partial charge is 0.351 e. The monoisotopic (exact) mass is 279 g/mol. The van der Waals surface area contributed by atoms with Crippen LogP contribution in [0.2, 0.25) is 0 Å². The van der Waals surface area contributed by atoms with Crippen LogP contribution >= 0.6 is 23.7 Å². The maximum atomic E-state index is 11.3. The van der Waals surface area contributed by atoms with Crippen molar-refractivity contribution in [1.82, 2.24) is 0 Å². The Balaban J connectivity index is 0.00000256. The summed E-state index contributed by atoms with van der Waals surface area (Å²) in [6.45, 7) is 2.50. The molecule has 0 radical (unpaired) electrons. The van der Waals surface area contributed by atoms with Crippen LogP contribution in [0.3, 0.4) is 0 Å². The second kappa shape index (κ2) is 8.33. The zero-order valence-electron chi connectivity index (χ0n) is 9.97. The Hall–Kier alpha value is -0.780. The summed E-state index contributed by atoms with van der Waals surface area (Å²) in [5, 5.41) is 1.80. The molecule has 0 amide bonds. The number of esters is 1. The predicted octanol–water partition coefficient (Wildman–Crippen LogP) is 2.46. The molecule has 2 N–H and O–H groups in total. The lowest BCUT2D eigenvalue weighted by molar-refractivity contribution is 0.0601. The molecule has 98 valence electrons. The Kier molecular flexibility index (Phi) is 7.95. The molecule has 6 heteroatoms. The maximum Gasteiger partial charge on any atom is 0.351 e. The Bertz CT molecular complexity index is 343. The minimum Gasteiger partial charge on any atom is -0.490 e. The maximum absolute atomic E-state index is 11.3. The highest BCUT2D eigenvalue weighted by atomic mass is 35.5. The average molecular weight is 280 g/mol. The van der Waals surface area contributed by atoms with E-state index in [0.29, 0.717) is 17.2 Å². The molecular formula is C11H18ClNO3S. The number of rotatable bonds is 6. The minimum atomic E-state index is -0.367. The van der Waals surface area contributed by atoms with Gasteiger partial charge in [0.1, 0.15) is 12.4 Å². The summed E-state index contributed by atoms with van der Waals surface area (Å²) in [4.78, 5) is 11.8. The molecule has 0 aliphatic rings. The summed E-state index contributed by atoms with van der Waals surface area (Å²) >= 11 is 1.31. The van der Waals surface area contributed by atoms with Crippen molar-refractivity contribution in [2.45, 2.75) is 25.8 Å². The van der Waals surface area contributed by atoms with Crippen molar-refractivity contribution in [3.05, 3.63) is 16.3 Å². The van der Waals surface area contributed by atoms with Crippen LogP contribution in [-0.2, 0) is 4.74 Å². The Morgan fingerprint density at radius 3 is 2.88 bits per heavy atom. The molecule has 0 saturated heterocycles. The summed E-state index contributed by atoms with van der Waals surface area (Å²) in [6.07, 6.45) is 1.94. The van der Waals surface area contributed by atoms with Crippen molar-refractivity contribution < 1.29 is 14.3 Å². The van der Waals surface area contributed by atoms with Gasteiger partial charge < -0.3 is 15.2 Å². The summed E-state index contributed by atoms with van der Waals surface area (Å²) in [5.41, 5.74) is 5.82. The molecule has 0 aromatic carbocycles. The molecule has 1 atom stereocenters. The van der Waals surface area contributed by atoms with Gasteiger partial charge in [-0.25, -0.2) is 4.79 Å². The van der Waals surface area contributed by atoms with Gasteiger partial charge in [-0.3, -0.25) is 0 Å². The number of carbonyl (C=O) groups is 1. The highest BCUT2D eigenvalue weighted by molar-refractivity contribution is 7.12. The van der Waals surface area contributed by atoms with E-state index in [1.165, 1.54) is 18.4 Å². The number of ether oxygens (including phenoxy) is 2. The Morgan fingerprint density at radius 1 is 1.59 bits per heavy atom. The number of carbonyl (C=O) groups excluding carboxylic acids is 1. The average Bonchev–Trinajstić information content (AvgIpc) is 2.74. The third-order valence-electron chi connectivity index (χ3n) is 2.11. The van der Waals surface area contributed by atoms with E-state index in [9.17, 15) is 4.79 Å². The van der Waals surface area contributed by atoms with Crippen LogP contribution < -0.4 is 10.5 Å². The lowest BCUT2D eigenvalue weighted by Crippen LogP contribution is -2.27. The van der Waals surface area contributed by atoms with Gasteiger partial charge in [-0.1, -0.05) is 13.3 Å². The van der Waals surface area contributed by atoms with E-state index in [1.54, 1.807) is 11.4 Å². The van der Waals surface area contributed by atoms with E-state index < -0.39 is 0 Å². The first-order chi connectivity index (χ1) is 7.69. The van der Waals surface area contributed by atoms with Crippen LogP contribution in [0.5, 0.6) is 5.75 Å². The molecule has 1 heterocycles. The molecule has 0 aliphatic carbocycles. The van der Waals surface area contributed by atoms with Crippen molar-refractivity contribution in [1.29, 1.82) is 0 Å². The van der Waals surface area contributed by atoms with Gasteiger partial charge in [-0.05, 0) is 17.9 Å². The van der Waals surface area contributed by atoms with Crippen LogP contribution in [-0.4, -0.2) is 25.7 Å². The van der Waals surface area contributed by atoms with Gasteiger partial charge in [0, 0.05) is 6.04 Å². The van der Waals surface area contributed by atoms with Gasteiger partial charge in [0.25, 0.3) is 0 Å². The van der Waals surface area contributed by atoms with E-state index in [1.807, 2.05) is 0 Å². The van der Waals surface area contributed by atoms with Gasteiger partial charge in [0.15, 0.2) is 4.88 Å². The first-order valence-electron chi connectivity index (χ1n) is 5.23. The number of hydrogen-bond acceptors (Lipinski definition) is 5. The fourth-order valence-electron chi connectivity index (χ4n) is 1.30. The fraction of sp³-hybridized carbons (Fsp3) is 0.545. The quantitative estimate of drug-likeness (QED) is 0.813. The van der Waals surface area contributed by atoms with Crippen LogP contribution in [0.1, 0.15) is 29.4 Å². The molecule has 1 unspecified atom stereocenters. The van der Waals surface area contributed by atoms with Crippen LogP contribution in [0.15, 0.2) is 11.4 Å². The fourth-order valence-corrected chi connectivity index (χ4v) is 2.05. The summed E-state index contributed by atoms with van der Waals surface area (Å²) in [7, 11) is 1.36. The molecule has 0 fully saturated rings. The summed E-state index contributed by atoms with van der Waals surface area (Å²) in [5.74, 6) is 0.192. The largest absolute Gasteiger partial charge is 0.490 e. The van der Waals surface area contributed by atoms with Gasteiger partial charge in [0.05, 0.1) is 7.11 Å². The van der Waals surface area contributed by atoms with Crippen LogP contribution in [0, 0.1) is 0 Å². The third-order valence-corrected chi connectivity index (χ3v) is 2.99. The standard InChI is InChI=1S/C11H17NO3S.ClH/c1-3-4-8(12)7-15-9-5-6-16-10(9)11(13)14-2;/h5-6,8H,3-4,7,12H2,1-2H3;1H. The molecule has 4 nitrogen and oxygen atoms in total. The molecule has 0 aliphatic heterocycles. The van der Waals surface area contributed by atoms with Crippen molar-refractivity contribution in [3.63, 3.8) is 0 Å². The molecule has 1 aromatic rings. The number of hydrogen-bond donors (Lipinski definition) is 1. The third kappa shape index (κ3) is 4.93. The number of halogens is 1. The van der Waals surface area contributed by atoms with E-state index in [-0.39, 0.29) is 24.4 Å². The SMILES string of the molecule is CCCC(N)COc1ccsc1C(=O)OC.Cl. The molecule has 0 spiro atoms. The molecule has 1 rings (SSSR count). The van der Waals surface area contributed by atoms with Crippen molar-refractivity contribution in [2.24, 2.45) is 5.73 Å². The van der Waals surface area contributed by atoms with Gasteiger partial charge in [-0.15, -0.1) is 23.7 Å². The Morgan fingerprint density at radius 2 is 2.29 bits per heavy atom. The second-order valence-electron chi connectivity index (χ2n) is 3.47. The van der Waals surface area contributed by atoms with Crippen LogP contribution in [0.4, 0.5) is 0 Å². The number of nitrogens with two attached hydrogens (primary N) is 1. The molecule has 17 heavy (non-hydrogen) atoms. The second-order valence-corrected chi connectivity index (χ2v) is 4.38. The van der Waals surface area contributed by atoms with Gasteiger partial charge in [-0.2, -0.15) is 0 Å². The van der Waals surface area contributed by atoms with Gasteiger partial charge >= 0.3 is 5.97 Å². The number of thiophene rings is 1. The topological polar surface area (TPSA) is 61.5 Å². The molecular weight excluding hydrogens is 262 g/mol. The first-order valence-corrected chi connectivity index (χ1v) is 6.11. The van der Waals surface area contributed by atoms with Crippen molar-refractivity contribution in [2.75, 3.05) is 13.7 Å². The highest BCUT2D eigenvalue weighted by Crippen LogP contribution is 2.25. The Labute approximate surface area is 112 Å². The highest BCUT2D eigenvalue weighted by Gasteiger charge is 2.15. The van der Waals surface area contributed by atoms with E-state index >= 15 is 0 Å². The van der Waals surface area contributed by atoms with E-state index in [0.717, 1.165) is 12.8 Å². The molecule has 0 saturated carbocycles. The van der Waals surface area contributed by atoms with E-state index in [2.05, 4.69) is 11.7 Å². The summed E-state index contributed by atoms with van der Waals surface area (Å²) < 4.78 is 10.1. The lowest BCUT2D eigenvalue weighted by atomic mass is 10.2. The lowest BCUT2D eigenvalue weighted by Gasteiger charge is -2.11. The van der Waals surface area contributed by atoms with Gasteiger partial charge in [0.2, 0.25) is 0 Å². The normalized spacial score (nSPS) is 11.5. The van der Waals surface area contributed by atoms with Crippen molar-refractivity contribution >= 4 is 29.7 Å². The number of methoxy groups -OCH3 is 1. The molecule has 1 aromatic heterocycles. The predicted molar refractivity (Wildman–Crippen MR) is 71.3 cm³/mol. The van der Waals surface area contributed by atoms with E-state index in [4.69, 9.17) is 10.5 Å². The minimum absolute atomic E-state index is 0. The molecule has 0 bridgehead atoms. The summed E-state index contributed by atoms with van der Waals surface area (Å²) in [6, 6.07) is 1.77.